The Morgan fingerprint density at radius 2 is 1.88 bits per heavy atom. The van der Waals surface area contributed by atoms with Crippen LogP contribution < -0.4 is 10.6 Å². The Hall–Kier alpha value is -2.14. The van der Waals surface area contributed by atoms with E-state index < -0.39 is 0 Å². The number of aromatic nitrogens is 2. The van der Waals surface area contributed by atoms with Crippen LogP contribution >= 0.6 is 0 Å². The number of anilines is 3. The summed E-state index contributed by atoms with van der Waals surface area (Å²) in [6.07, 6.45) is 0.940. The Balaban J connectivity index is 2.17. The predicted octanol–water partition coefficient (Wildman–Crippen LogP) is 4.27. The van der Waals surface area contributed by atoms with Gasteiger partial charge in [-0.05, 0) is 30.4 Å². The van der Waals surface area contributed by atoms with E-state index in [0.29, 0.717) is 5.95 Å². The van der Waals surface area contributed by atoms with Crippen molar-refractivity contribution in [3.8, 4) is 0 Å². The number of benzene rings is 1. The number of hydrogen-bond donors (Lipinski definition) is 2. The van der Waals surface area contributed by atoms with E-state index >= 15 is 0 Å². The van der Waals surface area contributed by atoms with Crippen LogP contribution in [0.4, 0.5) is 17.5 Å². The van der Waals surface area contributed by atoms with Crippen molar-refractivity contribution in [2.24, 2.45) is 0 Å². The number of rotatable bonds is 7. The molecule has 1 heterocycles. The van der Waals surface area contributed by atoms with Gasteiger partial charge in [0.1, 0.15) is 5.82 Å². The zero-order valence-electron chi connectivity index (χ0n) is 15.3. The summed E-state index contributed by atoms with van der Waals surface area (Å²) < 4.78 is 5.07. The van der Waals surface area contributed by atoms with Gasteiger partial charge >= 0.3 is 0 Å². The topological polar surface area (TPSA) is 59.1 Å². The molecule has 0 atom stereocenters. The van der Waals surface area contributed by atoms with Crippen LogP contribution in [0.25, 0.3) is 0 Å². The molecule has 0 aliphatic rings. The molecule has 5 heteroatoms. The van der Waals surface area contributed by atoms with Gasteiger partial charge in [0.25, 0.3) is 0 Å². The molecule has 0 fully saturated rings. The Labute approximate surface area is 144 Å². The molecule has 0 radical (unpaired) electrons. The third kappa shape index (κ3) is 5.20. The Morgan fingerprint density at radius 3 is 2.58 bits per heavy atom. The van der Waals surface area contributed by atoms with E-state index in [1.165, 1.54) is 5.56 Å². The minimum absolute atomic E-state index is 0.0502. The van der Waals surface area contributed by atoms with Gasteiger partial charge in [-0.3, -0.25) is 0 Å². The van der Waals surface area contributed by atoms with Crippen LogP contribution in [0, 0.1) is 6.92 Å². The van der Waals surface area contributed by atoms with E-state index in [1.54, 1.807) is 7.11 Å². The summed E-state index contributed by atoms with van der Waals surface area (Å²) in [4.78, 5) is 9.09. The maximum absolute atomic E-state index is 5.07. The fourth-order valence-corrected chi connectivity index (χ4v) is 2.51. The molecule has 1 aromatic carbocycles. The number of ether oxygens (including phenoxy) is 1. The minimum atomic E-state index is 0.0502. The first-order valence-electron chi connectivity index (χ1n) is 8.35. The van der Waals surface area contributed by atoms with Gasteiger partial charge in [0.2, 0.25) is 5.95 Å². The van der Waals surface area contributed by atoms with Gasteiger partial charge in [0.05, 0.1) is 0 Å². The van der Waals surface area contributed by atoms with Crippen molar-refractivity contribution in [1.29, 1.82) is 0 Å². The average Bonchev–Trinajstić information content (AvgIpc) is 2.50. The van der Waals surface area contributed by atoms with E-state index in [-0.39, 0.29) is 5.41 Å². The van der Waals surface area contributed by atoms with Crippen molar-refractivity contribution >= 4 is 17.5 Å². The van der Waals surface area contributed by atoms with Gasteiger partial charge in [0.15, 0.2) is 0 Å². The van der Waals surface area contributed by atoms with Crippen molar-refractivity contribution in [2.45, 2.75) is 39.5 Å². The molecular formula is C19H28N4O. The molecule has 0 aliphatic heterocycles. The fourth-order valence-electron chi connectivity index (χ4n) is 2.51. The molecule has 1 aromatic heterocycles. The Bertz CT molecular complexity index is 665. The van der Waals surface area contributed by atoms with Crippen molar-refractivity contribution in [3.05, 3.63) is 41.6 Å². The van der Waals surface area contributed by atoms with Gasteiger partial charge in [-0.2, -0.15) is 4.98 Å². The van der Waals surface area contributed by atoms with E-state index in [9.17, 15) is 0 Å². The summed E-state index contributed by atoms with van der Waals surface area (Å²) in [6.45, 7) is 10.1. The normalized spacial score (nSPS) is 11.4. The van der Waals surface area contributed by atoms with E-state index in [4.69, 9.17) is 4.74 Å². The Morgan fingerprint density at radius 1 is 1.12 bits per heavy atom. The lowest BCUT2D eigenvalue weighted by Crippen LogP contribution is -2.14. The van der Waals surface area contributed by atoms with Gasteiger partial charge in [-0.1, -0.05) is 39.0 Å². The van der Waals surface area contributed by atoms with Gasteiger partial charge < -0.3 is 15.4 Å². The third-order valence-electron chi connectivity index (χ3n) is 3.67. The maximum atomic E-state index is 5.07. The third-order valence-corrected chi connectivity index (χ3v) is 3.67. The van der Waals surface area contributed by atoms with Gasteiger partial charge in [-0.25, -0.2) is 4.98 Å². The molecule has 0 spiro atoms. The zero-order valence-corrected chi connectivity index (χ0v) is 15.3. The number of nitrogens with zero attached hydrogens (tertiary/aromatic N) is 2. The maximum Gasteiger partial charge on any atom is 0.229 e. The van der Waals surface area contributed by atoms with Crippen molar-refractivity contribution in [1.82, 2.24) is 9.97 Å². The fraction of sp³-hybridized carbons (Fsp3) is 0.474. The quantitative estimate of drug-likeness (QED) is 0.743. The summed E-state index contributed by atoms with van der Waals surface area (Å²) in [6, 6.07) is 10.2. The van der Waals surface area contributed by atoms with Crippen molar-refractivity contribution < 1.29 is 4.74 Å². The van der Waals surface area contributed by atoms with Crippen LogP contribution in [0.5, 0.6) is 0 Å². The highest BCUT2D eigenvalue weighted by Gasteiger charge is 2.18. The lowest BCUT2D eigenvalue weighted by molar-refractivity contribution is 0.198. The smallest absolute Gasteiger partial charge is 0.229 e. The second kappa shape index (κ2) is 8.11. The first-order valence-corrected chi connectivity index (χ1v) is 8.35. The highest BCUT2D eigenvalue weighted by molar-refractivity contribution is 5.61. The molecule has 0 saturated carbocycles. The number of aryl methyl sites for hydroxylation is 1. The summed E-state index contributed by atoms with van der Waals surface area (Å²) in [5.74, 6) is 1.44. The molecule has 130 valence electrons. The monoisotopic (exact) mass is 328 g/mol. The first kappa shape index (κ1) is 18.2. The van der Waals surface area contributed by atoms with Gasteiger partial charge in [-0.15, -0.1) is 0 Å². The summed E-state index contributed by atoms with van der Waals surface area (Å²) in [5.41, 5.74) is 3.26. The van der Waals surface area contributed by atoms with Crippen LogP contribution in [-0.2, 0) is 10.2 Å². The van der Waals surface area contributed by atoms with Crippen LogP contribution in [0.1, 0.15) is 38.4 Å². The lowest BCUT2D eigenvalue weighted by atomic mass is 9.86. The molecule has 0 amide bonds. The van der Waals surface area contributed by atoms with E-state index in [2.05, 4.69) is 59.6 Å². The van der Waals surface area contributed by atoms with Crippen molar-refractivity contribution in [3.63, 3.8) is 0 Å². The molecule has 0 bridgehead atoms. The second-order valence-corrected chi connectivity index (χ2v) is 6.91. The van der Waals surface area contributed by atoms with Gasteiger partial charge in [0, 0.05) is 37.7 Å². The second-order valence-electron chi connectivity index (χ2n) is 6.91. The molecule has 24 heavy (non-hydrogen) atoms. The largest absolute Gasteiger partial charge is 0.385 e. The number of hydrogen-bond acceptors (Lipinski definition) is 5. The molecule has 2 N–H and O–H groups in total. The number of para-hydroxylation sites is 1. The minimum Gasteiger partial charge on any atom is -0.385 e. The molecule has 5 nitrogen and oxygen atoms in total. The molecule has 0 unspecified atom stereocenters. The van der Waals surface area contributed by atoms with E-state index in [1.807, 2.05) is 19.1 Å². The highest BCUT2D eigenvalue weighted by Crippen LogP contribution is 2.30. The first-order chi connectivity index (χ1) is 11.4. The molecule has 2 rings (SSSR count). The highest BCUT2D eigenvalue weighted by atomic mass is 16.5. The standard InChI is InChI=1S/C19H28N4O/c1-14-13-17(20-11-8-12-24-5)23-18(21-14)22-16-10-7-6-9-15(16)19(2,3)4/h6-7,9-10,13H,8,11-12H2,1-5H3,(H2,20,21,22,23). The lowest BCUT2D eigenvalue weighted by Gasteiger charge is -2.23. The molecular weight excluding hydrogens is 300 g/mol. The number of methoxy groups -OCH3 is 1. The van der Waals surface area contributed by atoms with Crippen LogP contribution in [0.3, 0.4) is 0 Å². The van der Waals surface area contributed by atoms with Crippen LogP contribution in [-0.4, -0.2) is 30.2 Å². The average molecular weight is 328 g/mol. The molecule has 0 saturated heterocycles. The summed E-state index contributed by atoms with van der Waals surface area (Å²) in [5, 5.41) is 6.70. The zero-order chi connectivity index (χ0) is 17.6. The van der Waals surface area contributed by atoms with Crippen LogP contribution in [0.15, 0.2) is 30.3 Å². The SMILES string of the molecule is COCCCNc1cc(C)nc(Nc2ccccc2C(C)(C)C)n1. The number of nitrogens with one attached hydrogen (secondary N) is 2. The summed E-state index contributed by atoms with van der Waals surface area (Å²) in [7, 11) is 1.71. The predicted molar refractivity (Wildman–Crippen MR) is 100 cm³/mol. The molecule has 0 aliphatic carbocycles. The Kier molecular flexibility index (Phi) is 6.15. The van der Waals surface area contributed by atoms with Crippen LogP contribution in [0.2, 0.25) is 0 Å². The van der Waals surface area contributed by atoms with E-state index in [0.717, 1.165) is 36.8 Å². The van der Waals surface area contributed by atoms with Crippen molar-refractivity contribution in [2.75, 3.05) is 30.9 Å². The summed E-state index contributed by atoms with van der Waals surface area (Å²) >= 11 is 0. The molecule has 2 aromatic rings.